The van der Waals surface area contributed by atoms with Gasteiger partial charge in [0.05, 0.1) is 0 Å². The lowest BCUT2D eigenvalue weighted by Crippen LogP contribution is -2.27. The van der Waals surface area contributed by atoms with Crippen LogP contribution in [0.25, 0.3) is 0 Å². The molecule has 0 radical (unpaired) electrons. The van der Waals surface area contributed by atoms with Crippen molar-refractivity contribution in [2.24, 2.45) is 0 Å². The lowest BCUT2D eigenvalue weighted by molar-refractivity contribution is 0.321. The van der Waals surface area contributed by atoms with Gasteiger partial charge in [-0.3, -0.25) is 0 Å². The Balaban J connectivity index is 2.65. The molecule has 0 saturated carbocycles. The number of nitrogens with two attached hydrogens (primary N) is 1. The fraction of sp³-hybridized carbons (Fsp3) is 0.417. The van der Waals surface area contributed by atoms with Gasteiger partial charge in [-0.15, -0.1) is 0 Å². The first-order valence-electron chi connectivity index (χ1n) is 5.10. The Morgan fingerprint density at radius 2 is 1.87 bits per heavy atom. The molecule has 0 heterocycles. The minimum atomic E-state index is 0.384. The van der Waals surface area contributed by atoms with Crippen LogP contribution in [-0.2, 0) is 0 Å². The predicted octanol–water partition coefficient (Wildman–Crippen LogP) is 1.98. The largest absolute Gasteiger partial charge is 0.399 e. The summed E-state index contributed by atoms with van der Waals surface area (Å²) in [5.74, 6) is 0. The zero-order chi connectivity index (χ0) is 11.4. The Morgan fingerprint density at radius 1 is 1.33 bits per heavy atom. The Morgan fingerprint density at radius 3 is 2.33 bits per heavy atom. The molecule has 1 aromatic carbocycles. The molecule has 0 aliphatic heterocycles. The van der Waals surface area contributed by atoms with Crippen LogP contribution in [0.5, 0.6) is 0 Å². The van der Waals surface area contributed by atoms with Gasteiger partial charge in [0.15, 0.2) is 0 Å². The maximum absolute atomic E-state index is 7.96. The molecule has 82 valence electrons. The first-order chi connectivity index (χ1) is 7.00. The molecule has 0 aliphatic carbocycles. The van der Waals surface area contributed by atoms with Crippen molar-refractivity contribution in [2.75, 3.05) is 19.8 Å². The van der Waals surface area contributed by atoms with E-state index in [-0.39, 0.29) is 0 Å². The molecule has 3 heteroatoms. The molecule has 0 fully saturated rings. The molecule has 1 atom stereocenters. The van der Waals surface area contributed by atoms with Crippen molar-refractivity contribution in [1.82, 2.24) is 4.90 Å². The van der Waals surface area contributed by atoms with Crippen LogP contribution in [-0.4, -0.2) is 30.7 Å². The average molecular weight is 205 g/mol. The van der Waals surface area contributed by atoms with E-state index in [0.29, 0.717) is 11.8 Å². The van der Waals surface area contributed by atoms with Gasteiger partial charge in [0, 0.05) is 23.9 Å². The van der Waals surface area contributed by atoms with E-state index in [1.54, 1.807) is 0 Å². The molecule has 0 aliphatic rings. The van der Waals surface area contributed by atoms with Crippen molar-refractivity contribution in [2.45, 2.75) is 19.4 Å². The van der Waals surface area contributed by atoms with E-state index in [9.17, 15) is 0 Å². The molecule has 0 bridgehead atoms. The van der Waals surface area contributed by atoms with Crippen molar-refractivity contribution >= 4 is 11.4 Å². The summed E-state index contributed by atoms with van der Waals surface area (Å²) in [5.41, 5.74) is 7.96. The smallest absolute Gasteiger partial charge is 0.0401 e. The zero-order valence-corrected chi connectivity index (χ0v) is 9.62. The van der Waals surface area contributed by atoms with E-state index in [4.69, 9.17) is 11.1 Å². The fourth-order valence-electron chi connectivity index (χ4n) is 1.28. The number of nitrogen functional groups attached to an aromatic ring is 1. The van der Waals surface area contributed by atoms with Crippen molar-refractivity contribution < 1.29 is 0 Å². The van der Waals surface area contributed by atoms with E-state index >= 15 is 0 Å². The number of hydrogen-bond donors (Lipinski definition) is 2. The van der Waals surface area contributed by atoms with Gasteiger partial charge in [-0.05, 0) is 38.7 Å². The molecule has 0 saturated heterocycles. The minimum Gasteiger partial charge on any atom is -0.399 e. The molecule has 3 nitrogen and oxygen atoms in total. The highest BCUT2D eigenvalue weighted by Gasteiger charge is 2.09. The second-order valence-corrected chi connectivity index (χ2v) is 4.12. The number of hydrogen-bond acceptors (Lipinski definition) is 3. The minimum absolute atomic E-state index is 0.384. The van der Waals surface area contributed by atoms with E-state index in [2.05, 4.69) is 11.8 Å². The third-order valence-electron chi connectivity index (χ3n) is 2.64. The average Bonchev–Trinajstić information content (AvgIpc) is 2.18. The molecule has 1 aromatic rings. The second kappa shape index (κ2) is 4.94. The molecule has 0 spiro atoms. The van der Waals surface area contributed by atoms with Crippen LogP contribution >= 0.6 is 0 Å². The zero-order valence-electron chi connectivity index (χ0n) is 9.62. The molecule has 15 heavy (non-hydrogen) atoms. The van der Waals surface area contributed by atoms with E-state index in [1.165, 1.54) is 0 Å². The molecule has 0 aromatic heterocycles. The van der Waals surface area contributed by atoms with Gasteiger partial charge in [-0.1, -0.05) is 12.1 Å². The first-order valence-corrected chi connectivity index (χ1v) is 5.10. The van der Waals surface area contributed by atoms with Crippen molar-refractivity contribution in [1.29, 1.82) is 5.41 Å². The lowest BCUT2D eigenvalue weighted by atomic mass is 10.0. The summed E-state index contributed by atoms with van der Waals surface area (Å²) in [6.45, 7) is 2.12. The quantitative estimate of drug-likeness (QED) is 0.583. The van der Waals surface area contributed by atoms with E-state index in [0.717, 1.165) is 17.7 Å². The summed E-state index contributed by atoms with van der Waals surface area (Å²) in [6.07, 6.45) is 0.761. The van der Waals surface area contributed by atoms with Crippen LogP contribution in [0.3, 0.4) is 0 Å². The summed E-state index contributed by atoms with van der Waals surface area (Å²) in [6, 6.07) is 7.86. The van der Waals surface area contributed by atoms with E-state index in [1.807, 2.05) is 38.4 Å². The van der Waals surface area contributed by atoms with Crippen LogP contribution < -0.4 is 5.73 Å². The maximum atomic E-state index is 7.96. The lowest BCUT2D eigenvalue weighted by Gasteiger charge is -2.19. The summed E-state index contributed by atoms with van der Waals surface area (Å²) < 4.78 is 0. The molecular weight excluding hydrogens is 186 g/mol. The van der Waals surface area contributed by atoms with Gasteiger partial charge in [0.2, 0.25) is 0 Å². The second-order valence-electron chi connectivity index (χ2n) is 4.12. The molecule has 1 rings (SSSR count). The summed E-state index contributed by atoms with van der Waals surface area (Å²) in [4.78, 5) is 2.12. The third-order valence-corrected chi connectivity index (χ3v) is 2.64. The fourth-order valence-corrected chi connectivity index (χ4v) is 1.28. The topological polar surface area (TPSA) is 53.1 Å². The van der Waals surface area contributed by atoms with Gasteiger partial charge in [0.1, 0.15) is 0 Å². The van der Waals surface area contributed by atoms with Gasteiger partial charge >= 0.3 is 0 Å². The van der Waals surface area contributed by atoms with Gasteiger partial charge in [0.25, 0.3) is 0 Å². The van der Waals surface area contributed by atoms with Crippen LogP contribution in [0.2, 0.25) is 0 Å². The monoisotopic (exact) mass is 205 g/mol. The molecule has 0 amide bonds. The van der Waals surface area contributed by atoms with Crippen LogP contribution in [0.4, 0.5) is 5.69 Å². The van der Waals surface area contributed by atoms with Crippen molar-refractivity contribution in [3.05, 3.63) is 29.8 Å². The maximum Gasteiger partial charge on any atom is 0.0401 e. The Hall–Kier alpha value is -1.35. The number of nitrogens with zero attached hydrogens (tertiary/aromatic N) is 1. The molecular formula is C12H19N3. The van der Waals surface area contributed by atoms with Crippen LogP contribution in [0.15, 0.2) is 24.3 Å². The molecule has 3 N–H and O–H groups in total. The highest BCUT2D eigenvalue weighted by molar-refractivity contribution is 5.98. The highest BCUT2D eigenvalue weighted by atomic mass is 15.1. The predicted molar refractivity (Wildman–Crippen MR) is 65.4 cm³/mol. The highest BCUT2D eigenvalue weighted by Crippen LogP contribution is 2.10. The number of benzene rings is 1. The number of anilines is 1. The summed E-state index contributed by atoms with van der Waals surface area (Å²) >= 11 is 0. The van der Waals surface area contributed by atoms with Crippen molar-refractivity contribution in [3.63, 3.8) is 0 Å². The number of rotatable bonds is 4. The normalized spacial score (nSPS) is 12.8. The Bertz CT molecular complexity index is 327. The van der Waals surface area contributed by atoms with Crippen molar-refractivity contribution in [3.8, 4) is 0 Å². The Labute approximate surface area is 91.4 Å². The van der Waals surface area contributed by atoms with Crippen LogP contribution in [0.1, 0.15) is 18.9 Å². The summed E-state index contributed by atoms with van der Waals surface area (Å²) in [5, 5.41) is 7.96. The Kier molecular flexibility index (Phi) is 3.86. The number of nitrogens with one attached hydrogen (secondary N) is 1. The van der Waals surface area contributed by atoms with Crippen LogP contribution in [0, 0.1) is 5.41 Å². The van der Waals surface area contributed by atoms with Gasteiger partial charge in [-0.2, -0.15) is 0 Å². The third kappa shape index (κ3) is 3.36. The van der Waals surface area contributed by atoms with Gasteiger partial charge in [-0.25, -0.2) is 0 Å². The van der Waals surface area contributed by atoms with E-state index < -0.39 is 0 Å². The standard InChI is InChI=1S/C12H19N3/c1-9(15(2)3)8-12(14)10-4-6-11(13)7-5-10/h4-7,9,14H,8,13H2,1-3H3. The van der Waals surface area contributed by atoms with Gasteiger partial charge < -0.3 is 16.0 Å². The first kappa shape index (κ1) is 11.7. The summed E-state index contributed by atoms with van der Waals surface area (Å²) in [7, 11) is 4.06. The molecule has 1 unspecified atom stereocenters. The SMILES string of the molecule is CC(CC(=N)c1ccc(N)cc1)N(C)C.